The second kappa shape index (κ2) is 7.14. The highest BCUT2D eigenvalue weighted by molar-refractivity contribution is 6.48. The predicted molar refractivity (Wildman–Crippen MR) is 73.2 cm³/mol. The third-order valence-corrected chi connectivity index (χ3v) is 3.38. The molecule has 0 aliphatic heterocycles. The van der Waals surface area contributed by atoms with Crippen LogP contribution >= 0.6 is 0 Å². The smallest absolute Gasteiger partial charge is 0.228 e. The monoisotopic (exact) mass is 249 g/mol. The summed E-state index contributed by atoms with van der Waals surface area (Å²) in [6.07, 6.45) is 7.97. The van der Waals surface area contributed by atoms with Gasteiger partial charge in [-0.05, 0) is 25.3 Å². The summed E-state index contributed by atoms with van der Waals surface area (Å²) >= 11 is 0. The number of ketones is 2. The number of unbranched alkanes of at least 4 members (excludes halogenated alkanes) is 1. The van der Waals surface area contributed by atoms with Crippen LogP contribution < -0.4 is 5.32 Å². The van der Waals surface area contributed by atoms with Crippen LogP contribution in [-0.2, 0) is 9.59 Å². The van der Waals surface area contributed by atoms with Crippen LogP contribution in [-0.4, -0.2) is 18.1 Å². The zero-order valence-electron chi connectivity index (χ0n) is 11.6. The molecule has 0 heterocycles. The van der Waals surface area contributed by atoms with E-state index in [4.69, 9.17) is 0 Å². The fraction of sp³-hybridized carbons (Fsp3) is 0.600. The lowest BCUT2D eigenvalue weighted by molar-refractivity contribution is -0.131. The molecule has 0 spiro atoms. The van der Waals surface area contributed by atoms with Crippen LogP contribution in [0.25, 0.3) is 0 Å². The van der Waals surface area contributed by atoms with Gasteiger partial charge in [0.25, 0.3) is 0 Å². The van der Waals surface area contributed by atoms with E-state index < -0.39 is 11.6 Å². The number of nitrogens with one attached hydrogen (secondary N) is 1. The molecule has 1 N–H and O–H groups in total. The Balaban J connectivity index is 2.50. The van der Waals surface area contributed by atoms with Gasteiger partial charge in [0, 0.05) is 23.9 Å². The molecule has 0 amide bonds. The van der Waals surface area contributed by atoms with Gasteiger partial charge in [0.15, 0.2) is 0 Å². The maximum atomic E-state index is 11.4. The van der Waals surface area contributed by atoms with Crippen molar-refractivity contribution >= 4 is 11.6 Å². The molecule has 0 aromatic rings. The quantitative estimate of drug-likeness (QED) is 0.557. The molecular weight excluding hydrogens is 226 g/mol. The van der Waals surface area contributed by atoms with E-state index in [1.807, 2.05) is 0 Å². The Morgan fingerprint density at radius 3 is 2.50 bits per heavy atom. The fourth-order valence-electron chi connectivity index (χ4n) is 2.05. The summed E-state index contributed by atoms with van der Waals surface area (Å²) in [4.78, 5) is 22.7. The van der Waals surface area contributed by atoms with Gasteiger partial charge in [-0.1, -0.05) is 33.1 Å². The molecule has 100 valence electrons. The zero-order valence-corrected chi connectivity index (χ0v) is 11.6. The van der Waals surface area contributed by atoms with Crippen LogP contribution in [0.2, 0.25) is 0 Å². The third-order valence-electron chi connectivity index (χ3n) is 3.38. The highest BCUT2D eigenvalue weighted by Crippen LogP contribution is 2.14. The van der Waals surface area contributed by atoms with Gasteiger partial charge in [-0.15, -0.1) is 0 Å². The van der Waals surface area contributed by atoms with Gasteiger partial charge in [-0.25, -0.2) is 0 Å². The number of carbonyl (C=O) groups excluding carboxylic acids is 2. The number of hydrogen-bond donors (Lipinski definition) is 1. The molecule has 1 unspecified atom stereocenters. The van der Waals surface area contributed by atoms with Crippen molar-refractivity contribution in [3.8, 4) is 0 Å². The van der Waals surface area contributed by atoms with E-state index in [-0.39, 0.29) is 0 Å². The van der Waals surface area contributed by atoms with E-state index in [9.17, 15) is 9.59 Å². The predicted octanol–water partition coefficient (Wildman–Crippen LogP) is 2.77. The molecule has 0 aromatic carbocycles. The molecule has 0 aromatic heterocycles. The van der Waals surface area contributed by atoms with Crippen molar-refractivity contribution in [1.29, 1.82) is 0 Å². The number of Topliss-reactive ketones (excluding diaryl/α,β-unsaturated/α-hetero) is 1. The average molecular weight is 249 g/mol. The van der Waals surface area contributed by atoms with Gasteiger partial charge >= 0.3 is 0 Å². The zero-order chi connectivity index (χ0) is 13.5. The van der Waals surface area contributed by atoms with Gasteiger partial charge in [0.05, 0.1) is 0 Å². The Bertz CT molecular complexity index is 380. The van der Waals surface area contributed by atoms with Crippen LogP contribution in [0.1, 0.15) is 46.5 Å². The van der Waals surface area contributed by atoms with Crippen molar-refractivity contribution in [2.24, 2.45) is 5.92 Å². The molecule has 1 aliphatic rings. The average Bonchev–Trinajstić information content (AvgIpc) is 2.36. The molecule has 3 heteroatoms. The first kappa shape index (κ1) is 14.7. The highest BCUT2D eigenvalue weighted by atomic mass is 16.2. The van der Waals surface area contributed by atoms with Gasteiger partial charge in [-0.2, -0.15) is 0 Å². The molecule has 1 atom stereocenters. The summed E-state index contributed by atoms with van der Waals surface area (Å²) in [6, 6.07) is 0. The van der Waals surface area contributed by atoms with Crippen molar-refractivity contribution in [2.75, 3.05) is 6.54 Å². The van der Waals surface area contributed by atoms with Crippen LogP contribution in [0.4, 0.5) is 0 Å². The van der Waals surface area contributed by atoms with Crippen molar-refractivity contribution in [3.63, 3.8) is 0 Å². The molecule has 0 radical (unpaired) electrons. The van der Waals surface area contributed by atoms with Crippen molar-refractivity contribution in [3.05, 3.63) is 23.4 Å². The minimum Gasteiger partial charge on any atom is -0.385 e. The second-order valence-corrected chi connectivity index (χ2v) is 4.92. The van der Waals surface area contributed by atoms with E-state index in [1.54, 1.807) is 13.0 Å². The molecular formula is C15H23NO2. The van der Waals surface area contributed by atoms with Gasteiger partial charge < -0.3 is 5.32 Å². The Kier molecular flexibility index (Phi) is 5.83. The van der Waals surface area contributed by atoms with Gasteiger partial charge in [0.1, 0.15) is 0 Å². The van der Waals surface area contributed by atoms with Crippen molar-refractivity contribution in [2.45, 2.75) is 46.5 Å². The van der Waals surface area contributed by atoms with E-state index >= 15 is 0 Å². The Labute approximate surface area is 109 Å². The summed E-state index contributed by atoms with van der Waals surface area (Å²) in [5, 5.41) is 3.27. The molecule has 0 saturated carbocycles. The lowest BCUT2D eigenvalue weighted by Crippen LogP contribution is -2.26. The van der Waals surface area contributed by atoms with E-state index in [2.05, 4.69) is 19.2 Å². The molecule has 18 heavy (non-hydrogen) atoms. The first-order chi connectivity index (χ1) is 8.58. The van der Waals surface area contributed by atoms with Crippen LogP contribution in [0, 0.1) is 5.92 Å². The summed E-state index contributed by atoms with van der Waals surface area (Å²) < 4.78 is 0. The van der Waals surface area contributed by atoms with Crippen LogP contribution in [0.5, 0.6) is 0 Å². The summed E-state index contributed by atoms with van der Waals surface area (Å²) in [7, 11) is 0. The third kappa shape index (κ3) is 4.13. The van der Waals surface area contributed by atoms with E-state index in [0.717, 1.165) is 18.7 Å². The largest absolute Gasteiger partial charge is 0.385 e. The standard InChI is InChI=1S/C15H23NO2/c1-4-6-7-12(5-2)10-16-13-8-11(3)15(18)14(17)9-13/h8-9,12,16H,4-7,10H2,1-3H3. The Morgan fingerprint density at radius 1 is 1.22 bits per heavy atom. The van der Waals surface area contributed by atoms with Crippen LogP contribution in [0.3, 0.4) is 0 Å². The number of rotatable bonds is 7. The second-order valence-electron chi connectivity index (χ2n) is 4.92. The molecule has 3 nitrogen and oxygen atoms in total. The molecule has 1 aliphatic carbocycles. The first-order valence-electron chi connectivity index (χ1n) is 6.81. The lowest BCUT2D eigenvalue weighted by atomic mass is 9.98. The van der Waals surface area contributed by atoms with E-state index in [1.165, 1.54) is 25.3 Å². The summed E-state index contributed by atoms with van der Waals surface area (Å²) in [5.41, 5.74) is 1.29. The highest BCUT2D eigenvalue weighted by Gasteiger charge is 2.19. The molecule has 0 bridgehead atoms. The maximum Gasteiger partial charge on any atom is 0.228 e. The minimum atomic E-state index is -0.417. The number of allylic oxidation sites excluding steroid dienone is 3. The lowest BCUT2D eigenvalue weighted by Gasteiger charge is -2.18. The maximum absolute atomic E-state index is 11.4. The molecule has 0 fully saturated rings. The Hall–Kier alpha value is -1.38. The normalized spacial score (nSPS) is 17.3. The minimum absolute atomic E-state index is 0.390. The number of hydrogen-bond acceptors (Lipinski definition) is 3. The van der Waals surface area contributed by atoms with E-state index in [0.29, 0.717) is 11.5 Å². The van der Waals surface area contributed by atoms with Crippen LogP contribution in [0.15, 0.2) is 23.4 Å². The van der Waals surface area contributed by atoms with Crippen molar-refractivity contribution in [1.82, 2.24) is 5.32 Å². The number of carbonyl (C=O) groups is 2. The van der Waals surface area contributed by atoms with Gasteiger partial charge in [0.2, 0.25) is 11.6 Å². The fourth-order valence-corrected chi connectivity index (χ4v) is 2.05. The summed E-state index contributed by atoms with van der Waals surface area (Å²) in [6.45, 7) is 6.93. The molecule has 1 rings (SSSR count). The topological polar surface area (TPSA) is 46.2 Å². The Morgan fingerprint density at radius 2 is 1.94 bits per heavy atom. The first-order valence-corrected chi connectivity index (χ1v) is 6.81. The summed E-state index contributed by atoms with van der Waals surface area (Å²) in [5.74, 6) is -0.176. The van der Waals surface area contributed by atoms with Crippen molar-refractivity contribution < 1.29 is 9.59 Å². The SMILES string of the molecule is CCCCC(CC)CNC1=CC(=O)C(=O)C(C)=C1. The molecule has 0 saturated heterocycles. The van der Waals surface area contributed by atoms with Gasteiger partial charge in [-0.3, -0.25) is 9.59 Å².